The van der Waals surface area contributed by atoms with Crippen molar-refractivity contribution in [2.24, 2.45) is 0 Å². The molecule has 2 heterocycles. The number of hydrogen-bond acceptors (Lipinski definition) is 4. The van der Waals surface area contributed by atoms with Gasteiger partial charge in [0.1, 0.15) is 4.88 Å². The van der Waals surface area contributed by atoms with Crippen molar-refractivity contribution < 1.29 is 19.4 Å². The Hall–Kier alpha value is -2.12. The molecular weight excluding hydrogens is 280 g/mol. The molecule has 0 aliphatic rings. The average Bonchev–Trinajstić information content (AvgIpc) is 3.09. The predicted molar refractivity (Wildman–Crippen MR) is 74.4 cm³/mol. The molecule has 0 fully saturated rings. The predicted octanol–water partition coefficient (Wildman–Crippen LogP) is 1.37. The first-order valence-corrected chi connectivity index (χ1v) is 6.76. The van der Waals surface area contributed by atoms with Crippen LogP contribution in [0.4, 0.5) is 0 Å². The van der Waals surface area contributed by atoms with Crippen molar-refractivity contribution in [1.82, 2.24) is 9.88 Å². The molecule has 0 saturated heterocycles. The van der Waals surface area contributed by atoms with E-state index in [0.29, 0.717) is 4.88 Å². The van der Waals surface area contributed by atoms with Crippen LogP contribution in [0.2, 0.25) is 0 Å². The maximum absolute atomic E-state index is 12.1. The third kappa shape index (κ3) is 3.06. The number of nitrogens with one attached hydrogen (secondary N) is 1. The topological polar surface area (TPSA) is 80.6 Å². The first-order chi connectivity index (χ1) is 9.63. The lowest BCUT2D eigenvalue weighted by molar-refractivity contribution is -0.147. The summed E-state index contributed by atoms with van der Waals surface area (Å²) < 4.78 is 6.60. The average molecular weight is 294 g/mol. The lowest BCUT2D eigenvalue weighted by atomic mass is 10.3. The quantitative estimate of drug-likeness (QED) is 0.843. The van der Waals surface area contributed by atoms with Crippen LogP contribution < -0.4 is 5.32 Å². The van der Waals surface area contributed by atoms with Gasteiger partial charge in [-0.25, -0.2) is 4.79 Å². The van der Waals surface area contributed by atoms with Gasteiger partial charge in [0.05, 0.1) is 12.2 Å². The molecule has 2 N–H and O–H groups in total. The molecule has 106 valence electrons. The number of methoxy groups -OCH3 is 1. The summed E-state index contributed by atoms with van der Waals surface area (Å²) in [5.74, 6) is -1.42. The summed E-state index contributed by atoms with van der Waals surface area (Å²) in [6, 6.07) is 5.57. The summed E-state index contributed by atoms with van der Waals surface area (Å²) in [5, 5.41) is 13.2. The zero-order valence-corrected chi connectivity index (χ0v) is 11.6. The highest BCUT2D eigenvalue weighted by atomic mass is 32.1. The molecule has 1 unspecified atom stereocenters. The molecule has 0 aromatic carbocycles. The highest BCUT2D eigenvalue weighted by molar-refractivity contribution is 7.12. The number of carbonyl (C=O) groups is 2. The number of amides is 1. The first kappa shape index (κ1) is 14.3. The second-order valence-corrected chi connectivity index (χ2v) is 4.91. The van der Waals surface area contributed by atoms with E-state index < -0.39 is 12.1 Å². The van der Waals surface area contributed by atoms with E-state index in [4.69, 9.17) is 9.84 Å². The summed E-state index contributed by atoms with van der Waals surface area (Å²) in [6.45, 7) is -0.0757. The van der Waals surface area contributed by atoms with Crippen LogP contribution in [0.5, 0.6) is 0 Å². The van der Waals surface area contributed by atoms with Crippen LogP contribution in [-0.4, -0.2) is 41.3 Å². The number of carboxylic acid groups (broad SMARTS) is 1. The lowest BCUT2D eigenvalue weighted by Crippen LogP contribution is -2.37. The third-order valence-electron chi connectivity index (χ3n) is 2.74. The Kier molecular flexibility index (Phi) is 4.54. The largest absolute Gasteiger partial charge is 0.479 e. The highest BCUT2D eigenvalue weighted by Gasteiger charge is 2.19. The standard InChI is InChI=1S/C13H14N2O4S/c1-19-10(13(17)18)8-14-12(16)11-9(4-7-20-11)15-5-2-3-6-15/h2-7,10H,8H2,1H3,(H,14,16)(H,17,18). The smallest absolute Gasteiger partial charge is 0.334 e. The lowest BCUT2D eigenvalue weighted by Gasteiger charge is -2.11. The second kappa shape index (κ2) is 6.36. The van der Waals surface area contributed by atoms with Gasteiger partial charge in [0.15, 0.2) is 6.10 Å². The molecule has 0 aliphatic heterocycles. The van der Waals surface area contributed by atoms with Gasteiger partial charge in [-0.15, -0.1) is 11.3 Å². The van der Waals surface area contributed by atoms with Crippen LogP contribution in [0, 0.1) is 0 Å². The van der Waals surface area contributed by atoms with Gasteiger partial charge < -0.3 is 19.7 Å². The third-order valence-corrected chi connectivity index (χ3v) is 3.64. The Morgan fingerprint density at radius 2 is 2.15 bits per heavy atom. The molecule has 0 spiro atoms. The van der Waals surface area contributed by atoms with Crippen LogP contribution in [-0.2, 0) is 9.53 Å². The van der Waals surface area contributed by atoms with Crippen LogP contribution in [0.1, 0.15) is 9.67 Å². The number of carboxylic acids is 1. The van der Waals surface area contributed by atoms with Gasteiger partial charge in [0, 0.05) is 19.5 Å². The van der Waals surface area contributed by atoms with Crippen LogP contribution in [0.3, 0.4) is 0 Å². The number of aromatic nitrogens is 1. The number of nitrogens with zero attached hydrogens (tertiary/aromatic N) is 1. The molecule has 0 bridgehead atoms. The summed E-state index contributed by atoms with van der Waals surface area (Å²) in [7, 11) is 1.29. The van der Waals surface area contributed by atoms with Crippen LogP contribution >= 0.6 is 11.3 Å². The molecule has 0 radical (unpaired) electrons. The zero-order valence-electron chi connectivity index (χ0n) is 10.8. The van der Waals surface area contributed by atoms with Crippen molar-refractivity contribution in [1.29, 1.82) is 0 Å². The van der Waals surface area contributed by atoms with Crippen molar-refractivity contribution in [2.45, 2.75) is 6.10 Å². The van der Waals surface area contributed by atoms with Gasteiger partial charge in [-0.3, -0.25) is 4.79 Å². The highest BCUT2D eigenvalue weighted by Crippen LogP contribution is 2.21. The summed E-state index contributed by atoms with van der Waals surface area (Å²) in [6.07, 6.45) is 2.64. The monoisotopic (exact) mass is 294 g/mol. The molecule has 7 heteroatoms. The molecule has 2 rings (SSSR count). The van der Waals surface area contributed by atoms with E-state index in [2.05, 4.69) is 5.32 Å². The van der Waals surface area contributed by atoms with Crippen LogP contribution in [0.15, 0.2) is 36.0 Å². The van der Waals surface area contributed by atoms with Crippen molar-refractivity contribution >= 4 is 23.2 Å². The maximum Gasteiger partial charge on any atom is 0.334 e. The number of aliphatic carboxylic acids is 1. The summed E-state index contributed by atoms with van der Waals surface area (Å²) in [5.41, 5.74) is 0.766. The van der Waals surface area contributed by atoms with Crippen molar-refractivity contribution in [3.63, 3.8) is 0 Å². The molecule has 20 heavy (non-hydrogen) atoms. The first-order valence-electron chi connectivity index (χ1n) is 5.88. The SMILES string of the molecule is COC(CNC(=O)c1sccc1-n1cccc1)C(=O)O. The van der Waals surface area contributed by atoms with Gasteiger partial charge in [-0.2, -0.15) is 0 Å². The van der Waals surface area contributed by atoms with E-state index in [0.717, 1.165) is 5.69 Å². The number of thiophene rings is 1. The van der Waals surface area contributed by atoms with Crippen LogP contribution in [0.25, 0.3) is 5.69 Å². The van der Waals surface area contributed by atoms with E-state index in [1.54, 1.807) is 0 Å². The van der Waals surface area contributed by atoms with Crippen molar-refractivity contribution in [3.05, 3.63) is 40.8 Å². The molecule has 2 aromatic heterocycles. The van der Waals surface area contributed by atoms with Gasteiger partial charge >= 0.3 is 5.97 Å². The molecule has 1 atom stereocenters. The van der Waals surface area contributed by atoms with E-state index >= 15 is 0 Å². The van der Waals surface area contributed by atoms with Gasteiger partial charge in [0.25, 0.3) is 5.91 Å². The Labute approximate surface area is 119 Å². The van der Waals surface area contributed by atoms with Gasteiger partial charge in [-0.1, -0.05) is 0 Å². The Bertz CT molecular complexity index is 591. The molecule has 1 amide bonds. The number of carbonyl (C=O) groups excluding carboxylic acids is 1. The Morgan fingerprint density at radius 3 is 2.75 bits per heavy atom. The molecule has 0 saturated carbocycles. The number of ether oxygens (including phenoxy) is 1. The fourth-order valence-electron chi connectivity index (χ4n) is 1.71. The maximum atomic E-state index is 12.1. The Morgan fingerprint density at radius 1 is 1.45 bits per heavy atom. The van der Waals surface area contributed by atoms with Gasteiger partial charge in [0.2, 0.25) is 0 Å². The minimum absolute atomic E-state index is 0.0757. The molecule has 6 nitrogen and oxygen atoms in total. The van der Waals surface area contributed by atoms with E-state index in [1.165, 1.54) is 18.4 Å². The molecular formula is C13H14N2O4S. The number of hydrogen-bond donors (Lipinski definition) is 2. The Balaban J connectivity index is 2.07. The number of rotatable bonds is 6. The zero-order chi connectivity index (χ0) is 14.5. The van der Waals surface area contributed by atoms with E-state index in [1.807, 2.05) is 40.5 Å². The normalized spacial score (nSPS) is 12.1. The molecule has 2 aromatic rings. The van der Waals surface area contributed by atoms with Crippen molar-refractivity contribution in [3.8, 4) is 5.69 Å². The fraction of sp³-hybridized carbons (Fsp3) is 0.231. The minimum atomic E-state index is -1.11. The second-order valence-electron chi connectivity index (χ2n) is 4.00. The molecule has 0 aliphatic carbocycles. The summed E-state index contributed by atoms with van der Waals surface area (Å²) >= 11 is 1.30. The summed E-state index contributed by atoms with van der Waals surface area (Å²) in [4.78, 5) is 23.4. The van der Waals surface area contributed by atoms with E-state index in [-0.39, 0.29) is 12.5 Å². The van der Waals surface area contributed by atoms with Gasteiger partial charge in [-0.05, 0) is 23.6 Å². The van der Waals surface area contributed by atoms with E-state index in [9.17, 15) is 9.59 Å². The minimum Gasteiger partial charge on any atom is -0.479 e. The fourth-order valence-corrected chi connectivity index (χ4v) is 2.51. The van der Waals surface area contributed by atoms with Crippen molar-refractivity contribution in [2.75, 3.05) is 13.7 Å².